The fourth-order valence-electron chi connectivity index (χ4n) is 4.20. The highest BCUT2D eigenvalue weighted by Crippen LogP contribution is 2.43. The van der Waals surface area contributed by atoms with Gasteiger partial charge in [-0.05, 0) is 55.0 Å². The third-order valence-electron chi connectivity index (χ3n) is 5.70. The number of aryl methyl sites for hydroxylation is 1. The molecule has 2 aromatic rings. The highest BCUT2D eigenvalue weighted by atomic mass is 32.2. The Bertz CT molecular complexity index is 882. The Labute approximate surface area is 168 Å². The van der Waals surface area contributed by atoms with Crippen LogP contribution in [0.5, 0.6) is 0 Å². The molecule has 4 nitrogen and oxygen atoms in total. The zero-order valence-electron chi connectivity index (χ0n) is 15.3. The van der Waals surface area contributed by atoms with Crippen molar-refractivity contribution in [2.75, 3.05) is 31.1 Å². The van der Waals surface area contributed by atoms with Gasteiger partial charge in [-0.3, -0.25) is 4.79 Å². The Morgan fingerprint density at radius 2 is 1.89 bits per heavy atom. The summed E-state index contributed by atoms with van der Waals surface area (Å²) in [7, 11) is 0. The van der Waals surface area contributed by atoms with E-state index in [0.29, 0.717) is 0 Å². The maximum Gasteiger partial charge on any atom is 0.260 e. The summed E-state index contributed by atoms with van der Waals surface area (Å²) in [4.78, 5) is 25.6. The lowest BCUT2D eigenvalue weighted by molar-refractivity contribution is -0.126. The molecule has 0 unspecified atom stereocenters. The molecule has 27 heavy (non-hydrogen) atoms. The minimum atomic E-state index is 0.206. The second-order valence-electron chi connectivity index (χ2n) is 7.32. The molecular formula is C21H23N3OS2. The molecule has 6 heteroatoms. The Morgan fingerprint density at radius 1 is 1.04 bits per heavy atom. The van der Waals surface area contributed by atoms with Gasteiger partial charge in [-0.25, -0.2) is 4.98 Å². The number of pyridine rings is 1. The van der Waals surface area contributed by atoms with E-state index in [-0.39, 0.29) is 5.91 Å². The number of nitrogens with zero attached hydrogens (tertiary/aromatic N) is 3. The molecule has 2 aromatic heterocycles. The van der Waals surface area contributed by atoms with E-state index < -0.39 is 0 Å². The van der Waals surface area contributed by atoms with Crippen molar-refractivity contribution in [2.24, 2.45) is 0 Å². The summed E-state index contributed by atoms with van der Waals surface area (Å²) in [6.07, 6.45) is 9.08. The SMILES string of the molecule is O=C(C1=Cc2sc3c(c2CS1)CCCC3)N1CCN(c2ccccn2)CC1. The zero-order valence-corrected chi connectivity index (χ0v) is 17.0. The number of anilines is 1. The van der Waals surface area contributed by atoms with Crippen LogP contribution in [0.3, 0.4) is 0 Å². The first-order chi connectivity index (χ1) is 13.3. The van der Waals surface area contributed by atoms with Gasteiger partial charge in [0.2, 0.25) is 0 Å². The minimum absolute atomic E-state index is 0.206. The van der Waals surface area contributed by atoms with Crippen LogP contribution in [0.15, 0.2) is 29.3 Å². The number of piperazine rings is 1. The van der Waals surface area contributed by atoms with Crippen LogP contribution in [0.25, 0.3) is 6.08 Å². The Balaban J connectivity index is 1.29. The predicted molar refractivity (Wildman–Crippen MR) is 113 cm³/mol. The number of carbonyl (C=O) groups excluding carboxylic acids is 1. The minimum Gasteiger partial charge on any atom is -0.353 e. The van der Waals surface area contributed by atoms with Crippen molar-refractivity contribution >= 4 is 40.9 Å². The lowest BCUT2D eigenvalue weighted by Crippen LogP contribution is -2.49. The van der Waals surface area contributed by atoms with Gasteiger partial charge in [-0.15, -0.1) is 23.1 Å². The van der Waals surface area contributed by atoms with E-state index in [0.717, 1.165) is 42.7 Å². The number of thiophene rings is 1. The van der Waals surface area contributed by atoms with Gasteiger partial charge in [-0.2, -0.15) is 0 Å². The van der Waals surface area contributed by atoms with E-state index in [1.165, 1.54) is 36.1 Å². The number of rotatable bonds is 2. The maximum absolute atomic E-state index is 13.1. The van der Waals surface area contributed by atoms with Gasteiger partial charge in [0.25, 0.3) is 5.91 Å². The van der Waals surface area contributed by atoms with Crippen molar-refractivity contribution < 1.29 is 4.79 Å². The van der Waals surface area contributed by atoms with Crippen molar-refractivity contribution in [1.82, 2.24) is 9.88 Å². The first-order valence-electron chi connectivity index (χ1n) is 9.73. The number of hydrogen-bond acceptors (Lipinski definition) is 5. The molecule has 1 fully saturated rings. The average Bonchev–Trinajstić information content (AvgIpc) is 3.12. The van der Waals surface area contributed by atoms with Crippen molar-refractivity contribution in [1.29, 1.82) is 0 Å². The first-order valence-corrected chi connectivity index (χ1v) is 11.5. The van der Waals surface area contributed by atoms with Crippen LogP contribution in [0, 0.1) is 0 Å². The van der Waals surface area contributed by atoms with Gasteiger partial charge in [0.1, 0.15) is 5.82 Å². The van der Waals surface area contributed by atoms with Crippen LogP contribution in [0.4, 0.5) is 5.82 Å². The molecule has 0 saturated carbocycles. The third kappa shape index (κ3) is 3.29. The van der Waals surface area contributed by atoms with Crippen LogP contribution in [-0.2, 0) is 23.4 Å². The topological polar surface area (TPSA) is 36.4 Å². The zero-order chi connectivity index (χ0) is 18.2. The molecule has 0 radical (unpaired) electrons. The molecule has 4 heterocycles. The number of amides is 1. The Morgan fingerprint density at radius 3 is 2.70 bits per heavy atom. The first kappa shape index (κ1) is 17.3. The molecule has 3 aliphatic rings. The van der Waals surface area contributed by atoms with Crippen LogP contribution in [0.1, 0.15) is 33.7 Å². The monoisotopic (exact) mass is 397 g/mol. The van der Waals surface area contributed by atoms with Crippen molar-refractivity contribution in [3.05, 3.63) is 50.2 Å². The normalized spacial score (nSPS) is 19.3. The molecule has 1 aliphatic carbocycles. The fraction of sp³-hybridized carbons (Fsp3) is 0.429. The average molecular weight is 398 g/mol. The quantitative estimate of drug-likeness (QED) is 0.769. The molecule has 0 N–H and O–H groups in total. The van der Waals surface area contributed by atoms with Gasteiger partial charge >= 0.3 is 0 Å². The van der Waals surface area contributed by atoms with E-state index in [4.69, 9.17) is 0 Å². The number of fused-ring (bicyclic) bond motifs is 3. The van der Waals surface area contributed by atoms with Crippen LogP contribution in [-0.4, -0.2) is 42.0 Å². The van der Waals surface area contributed by atoms with Crippen LogP contribution in [0.2, 0.25) is 0 Å². The Kier molecular flexibility index (Phi) is 4.70. The smallest absolute Gasteiger partial charge is 0.260 e. The number of thioether (sulfide) groups is 1. The summed E-state index contributed by atoms with van der Waals surface area (Å²) in [5.41, 5.74) is 3.11. The van der Waals surface area contributed by atoms with Gasteiger partial charge < -0.3 is 9.80 Å². The summed E-state index contributed by atoms with van der Waals surface area (Å²) < 4.78 is 0. The third-order valence-corrected chi connectivity index (χ3v) is 8.01. The lowest BCUT2D eigenvalue weighted by Gasteiger charge is -2.36. The molecule has 0 atom stereocenters. The molecule has 2 aliphatic heterocycles. The highest BCUT2D eigenvalue weighted by Gasteiger charge is 2.29. The van der Waals surface area contributed by atoms with Gasteiger partial charge in [0.15, 0.2) is 0 Å². The van der Waals surface area contributed by atoms with Crippen molar-refractivity contribution in [3.63, 3.8) is 0 Å². The molecule has 0 bridgehead atoms. The summed E-state index contributed by atoms with van der Waals surface area (Å²) in [6, 6.07) is 5.99. The van der Waals surface area contributed by atoms with E-state index in [9.17, 15) is 4.79 Å². The second-order valence-corrected chi connectivity index (χ2v) is 9.47. The van der Waals surface area contributed by atoms with Crippen molar-refractivity contribution in [3.8, 4) is 0 Å². The summed E-state index contributed by atoms with van der Waals surface area (Å²) in [6.45, 7) is 3.22. The predicted octanol–water partition coefficient (Wildman–Crippen LogP) is 3.96. The van der Waals surface area contributed by atoms with Crippen molar-refractivity contribution in [2.45, 2.75) is 31.4 Å². The van der Waals surface area contributed by atoms with E-state index in [2.05, 4.69) is 16.0 Å². The molecule has 1 amide bonds. The molecule has 5 rings (SSSR count). The van der Waals surface area contributed by atoms with Gasteiger partial charge in [-0.1, -0.05) is 6.07 Å². The van der Waals surface area contributed by atoms with E-state index >= 15 is 0 Å². The molecule has 140 valence electrons. The maximum atomic E-state index is 13.1. The summed E-state index contributed by atoms with van der Waals surface area (Å²) in [5.74, 6) is 2.18. The number of carbonyl (C=O) groups is 1. The van der Waals surface area contributed by atoms with Gasteiger partial charge in [0.05, 0.1) is 4.91 Å². The van der Waals surface area contributed by atoms with Crippen LogP contribution < -0.4 is 4.90 Å². The second kappa shape index (κ2) is 7.32. The van der Waals surface area contributed by atoms with Gasteiger partial charge in [0, 0.05) is 47.9 Å². The highest BCUT2D eigenvalue weighted by molar-refractivity contribution is 8.03. The molecule has 0 spiro atoms. The summed E-state index contributed by atoms with van der Waals surface area (Å²) >= 11 is 3.66. The molecule has 0 aromatic carbocycles. The summed E-state index contributed by atoms with van der Waals surface area (Å²) in [5, 5.41) is 0. The Hall–Kier alpha value is -1.79. The van der Waals surface area contributed by atoms with Crippen LogP contribution >= 0.6 is 23.1 Å². The van der Waals surface area contributed by atoms with E-state index in [1.54, 1.807) is 22.2 Å². The number of hydrogen-bond donors (Lipinski definition) is 0. The van der Waals surface area contributed by atoms with E-state index in [1.807, 2.05) is 40.6 Å². The number of aromatic nitrogens is 1. The molecular weight excluding hydrogens is 374 g/mol. The molecule has 1 saturated heterocycles. The standard InChI is InChI=1S/C21H23N3OS2/c25-21(24-11-9-23(10-12-24)20-7-3-4-8-22-20)19-13-18-16(14-26-19)15-5-1-2-6-17(15)27-18/h3-4,7-8,13H,1-2,5-6,9-12,14H2. The fourth-order valence-corrected chi connectivity index (χ4v) is 6.80. The lowest BCUT2D eigenvalue weighted by atomic mass is 9.95. The largest absolute Gasteiger partial charge is 0.353 e.